The summed E-state index contributed by atoms with van der Waals surface area (Å²) in [6.07, 6.45) is 12.0. The molecule has 6 nitrogen and oxygen atoms in total. The van der Waals surface area contributed by atoms with Crippen molar-refractivity contribution < 1.29 is 14.3 Å². The molecule has 0 N–H and O–H groups in total. The Labute approximate surface area is 161 Å². The van der Waals surface area contributed by atoms with Gasteiger partial charge < -0.3 is 9.30 Å². The molecule has 1 aliphatic heterocycles. The monoisotopic (exact) mass is 373 g/mol. The lowest BCUT2D eigenvalue weighted by molar-refractivity contribution is -0.128. The molecule has 2 amide bonds. The molecule has 1 saturated carbocycles. The van der Waals surface area contributed by atoms with Crippen LogP contribution in [-0.2, 0) is 9.53 Å². The van der Waals surface area contributed by atoms with Crippen molar-refractivity contribution in [3.05, 3.63) is 23.8 Å². The summed E-state index contributed by atoms with van der Waals surface area (Å²) >= 11 is 0. The van der Waals surface area contributed by atoms with Crippen LogP contribution in [0.1, 0.15) is 78.0 Å². The number of nitrogens with zero attached hydrogens (tertiary/aromatic N) is 3. The molecule has 148 valence electrons. The number of piperidine rings is 1. The van der Waals surface area contributed by atoms with Crippen molar-refractivity contribution in [3.8, 4) is 0 Å². The van der Waals surface area contributed by atoms with E-state index in [1.807, 2.05) is 25.5 Å². The molecule has 1 saturated heterocycles. The van der Waals surface area contributed by atoms with Gasteiger partial charge in [0.1, 0.15) is 5.60 Å². The number of imidazole rings is 1. The summed E-state index contributed by atoms with van der Waals surface area (Å²) in [5, 5.41) is 0. The van der Waals surface area contributed by atoms with E-state index in [0.717, 1.165) is 5.69 Å². The second kappa shape index (κ2) is 7.87. The lowest BCUT2D eigenvalue weighted by Crippen LogP contribution is -2.46. The van der Waals surface area contributed by atoms with E-state index in [9.17, 15) is 9.59 Å². The first-order valence-electron chi connectivity index (χ1n) is 10.0. The second-order valence-corrected chi connectivity index (χ2v) is 8.91. The number of ether oxygens (including phenoxy) is 1. The van der Waals surface area contributed by atoms with Gasteiger partial charge in [-0.05, 0) is 52.0 Å². The third-order valence-corrected chi connectivity index (χ3v) is 5.14. The molecule has 0 spiro atoms. The molecule has 2 heterocycles. The highest BCUT2D eigenvalue weighted by Gasteiger charge is 2.34. The van der Waals surface area contributed by atoms with Gasteiger partial charge in [-0.15, -0.1) is 0 Å². The summed E-state index contributed by atoms with van der Waals surface area (Å²) in [5.41, 5.74) is 0.774. The molecule has 6 heteroatoms. The van der Waals surface area contributed by atoms with Crippen LogP contribution in [0.3, 0.4) is 0 Å². The molecule has 0 unspecified atom stereocenters. The fourth-order valence-electron chi connectivity index (χ4n) is 3.87. The zero-order chi connectivity index (χ0) is 19.6. The maximum absolute atomic E-state index is 12.8. The van der Waals surface area contributed by atoms with E-state index < -0.39 is 11.7 Å². The van der Waals surface area contributed by atoms with Crippen molar-refractivity contribution in [2.45, 2.75) is 77.9 Å². The van der Waals surface area contributed by atoms with E-state index in [0.29, 0.717) is 24.6 Å². The van der Waals surface area contributed by atoms with Crippen molar-refractivity contribution in [1.82, 2.24) is 14.5 Å². The molecule has 27 heavy (non-hydrogen) atoms. The highest BCUT2D eigenvalue weighted by atomic mass is 16.6. The molecule has 1 atom stereocenters. The smallest absolute Gasteiger partial charge is 0.417 e. The summed E-state index contributed by atoms with van der Waals surface area (Å²) < 4.78 is 7.57. The topological polar surface area (TPSA) is 64.4 Å². The Morgan fingerprint density at radius 3 is 2.63 bits per heavy atom. The average molecular weight is 373 g/mol. The third-order valence-electron chi connectivity index (χ3n) is 5.14. The second-order valence-electron chi connectivity index (χ2n) is 8.91. The lowest BCUT2D eigenvalue weighted by Gasteiger charge is -2.32. The highest BCUT2D eigenvalue weighted by Crippen LogP contribution is 2.29. The van der Waals surface area contributed by atoms with Crippen LogP contribution in [0.4, 0.5) is 4.79 Å². The van der Waals surface area contributed by atoms with E-state index in [1.165, 1.54) is 37.0 Å². The van der Waals surface area contributed by atoms with E-state index in [1.54, 1.807) is 20.8 Å². The minimum atomic E-state index is -0.624. The number of imide groups is 1. The molecular weight excluding hydrogens is 342 g/mol. The van der Waals surface area contributed by atoms with Gasteiger partial charge in [-0.1, -0.05) is 26.2 Å². The Bertz CT molecular complexity index is 723. The van der Waals surface area contributed by atoms with Crippen molar-refractivity contribution in [2.75, 3.05) is 6.54 Å². The zero-order valence-electron chi connectivity index (χ0n) is 16.9. The molecular formula is C21H31N3O3. The number of carbonyl (C=O) groups excluding carboxylic acids is 2. The van der Waals surface area contributed by atoms with Crippen LogP contribution in [0.15, 0.2) is 18.1 Å². The summed E-state index contributed by atoms with van der Waals surface area (Å²) in [4.78, 5) is 30.9. The van der Waals surface area contributed by atoms with Crippen LogP contribution in [-0.4, -0.2) is 38.6 Å². The molecule has 1 aromatic heterocycles. The van der Waals surface area contributed by atoms with Crippen molar-refractivity contribution >= 4 is 18.1 Å². The Kier molecular flexibility index (Phi) is 5.72. The quantitative estimate of drug-likeness (QED) is 0.712. The number of hydrogen-bond donors (Lipinski definition) is 0. The predicted octanol–water partition coefficient (Wildman–Crippen LogP) is 4.58. The largest absolute Gasteiger partial charge is 0.443 e. The summed E-state index contributed by atoms with van der Waals surface area (Å²) in [7, 11) is 0. The molecule has 0 aromatic carbocycles. The van der Waals surface area contributed by atoms with Crippen LogP contribution < -0.4 is 0 Å². The summed E-state index contributed by atoms with van der Waals surface area (Å²) in [6, 6.07) is 0.512. The SMILES string of the molecule is C[C@@H]1C/C(=C\c2cn(C3CCCCC3)cn2)C(=O)N(C(=O)OC(C)(C)C)C1. The van der Waals surface area contributed by atoms with Gasteiger partial charge in [0.15, 0.2) is 0 Å². The van der Waals surface area contributed by atoms with Crippen molar-refractivity contribution in [2.24, 2.45) is 5.92 Å². The van der Waals surface area contributed by atoms with Gasteiger partial charge >= 0.3 is 6.09 Å². The number of hydrogen-bond acceptors (Lipinski definition) is 4. The molecule has 2 aliphatic rings. The first-order chi connectivity index (χ1) is 12.7. The summed E-state index contributed by atoms with van der Waals surface area (Å²) in [5.74, 6) is -0.0727. The minimum absolute atomic E-state index is 0.196. The summed E-state index contributed by atoms with van der Waals surface area (Å²) in [6.45, 7) is 7.84. The number of amides is 2. The number of carbonyl (C=O) groups is 2. The van der Waals surface area contributed by atoms with Crippen molar-refractivity contribution in [1.29, 1.82) is 0 Å². The molecule has 1 aliphatic carbocycles. The van der Waals surface area contributed by atoms with Gasteiger partial charge in [0, 0.05) is 24.4 Å². The lowest BCUT2D eigenvalue weighted by atomic mass is 9.94. The van der Waals surface area contributed by atoms with Gasteiger partial charge in [-0.2, -0.15) is 0 Å². The van der Waals surface area contributed by atoms with E-state index in [-0.39, 0.29) is 11.8 Å². The molecule has 0 radical (unpaired) electrons. The van der Waals surface area contributed by atoms with Crippen LogP contribution in [0, 0.1) is 5.92 Å². The molecule has 2 fully saturated rings. The van der Waals surface area contributed by atoms with Gasteiger partial charge in [0.2, 0.25) is 0 Å². The fraction of sp³-hybridized carbons (Fsp3) is 0.667. The van der Waals surface area contributed by atoms with Crippen LogP contribution in [0.2, 0.25) is 0 Å². The minimum Gasteiger partial charge on any atom is -0.443 e. The normalized spacial score (nSPS) is 23.7. The van der Waals surface area contributed by atoms with Crippen molar-refractivity contribution in [3.63, 3.8) is 0 Å². The Morgan fingerprint density at radius 2 is 1.96 bits per heavy atom. The van der Waals surface area contributed by atoms with Crippen LogP contribution in [0.5, 0.6) is 0 Å². The van der Waals surface area contributed by atoms with Gasteiger partial charge in [0.25, 0.3) is 5.91 Å². The Hall–Kier alpha value is -2.11. The van der Waals surface area contributed by atoms with Gasteiger partial charge in [-0.3, -0.25) is 4.79 Å². The van der Waals surface area contributed by atoms with E-state index >= 15 is 0 Å². The van der Waals surface area contributed by atoms with E-state index in [4.69, 9.17) is 4.74 Å². The van der Waals surface area contributed by atoms with Gasteiger partial charge in [0.05, 0.1) is 12.0 Å². The average Bonchev–Trinajstić information content (AvgIpc) is 3.05. The number of aromatic nitrogens is 2. The third kappa shape index (κ3) is 4.99. The molecule has 3 rings (SSSR count). The predicted molar refractivity (Wildman–Crippen MR) is 104 cm³/mol. The highest BCUT2D eigenvalue weighted by molar-refractivity contribution is 6.05. The molecule has 0 bridgehead atoms. The maximum atomic E-state index is 12.8. The number of rotatable bonds is 2. The molecule has 1 aromatic rings. The van der Waals surface area contributed by atoms with E-state index in [2.05, 4.69) is 9.55 Å². The maximum Gasteiger partial charge on any atom is 0.417 e. The zero-order valence-corrected chi connectivity index (χ0v) is 16.9. The first kappa shape index (κ1) is 19.6. The Morgan fingerprint density at radius 1 is 1.26 bits per heavy atom. The Balaban J connectivity index is 1.75. The van der Waals surface area contributed by atoms with Gasteiger partial charge in [-0.25, -0.2) is 14.7 Å². The number of likely N-dealkylation sites (tertiary alicyclic amines) is 1. The van der Waals surface area contributed by atoms with Crippen LogP contribution in [0.25, 0.3) is 6.08 Å². The standard InChI is InChI=1S/C21H31N3O3/c1-15-10-16(19(25)24(12-15)20(26)27-21(2,3)4)11-17-13-23(14-22-17)18-8-6-5-7-9-18/h11,13-15,18H,5-10,12H2,1-4H3/b16-11+/t15-/m1/s1. The fourth-order valence-corrected chi connectivity index (χ4v) is 3.87. The first-order valence-corrected chi connectivity index (χ1v) is 10.0. The van der Waals surface area contributed by atoms with Crippen LogP contribution >= 0.6 is 0 Å².